The molecule has 1 aliphatic rings. The quantitative estimate of drug-likeness (QED) is 0.860. The minimum absolute atomic E-state index is 0.102. The number of nitrogens with one attached hydrogen (secondary N) is 1. The van der Waals surface area contributed by atoms with Gasteiger partial charge in [0.15, 0.2) is 5.78 Å². The van der Waals surface area contributed by atoms with Gasteiger partial charge in [0, 0.05) is 28.9 Å². The van der Waals surface area contributed by atoms with Crippen LogP contribution in [0, 0.1) is 0 Å². The van der Waals surface area contributed by atoms with Gasteiger partial charge in [0.1, 0.15) is 6.04 Å². The van der Waals surface area contributed by atoms with Crippen molar-refractivity contribution in [3.63, 3.8) is 0 Å². The number of carbonyl (C=O) groups is 3. The highest BCUT2D eigenvalue weighted by molar-refractivity contribution is 6.35. The maximum atomic E-state index is 12.5. The Kier molecular flexibility index (Phi) is 6.24. The number of imide groups is 1. The molecule has 1 aromatic carbocycles. The summed E-state index contributed by atoms with van der Waals surface area (Å²) < 4.78 is 0. The van der Waals surface area contributed by atoms with Gasteiger partial charge in [0.2, 0.25) is 5.91 Å². The molecule has 1 atom stereocenters. The van der Waals surface area contributed by atoms with E-state index in [1.165, 1.54) is 0 Å². The van der Waals surface area contributed by atoms with Gasteiger partial charge in [-0.15, -0.1) is 0 Å². The van der Waals surface area contributed by atoms with Crippen molar-refractivity contribution in [3.05, 3.63) is 33.8 Å². The first-order valence-electron chi connectivity index (χ1n) is 7.88. The SMILES string of the molecule is CC(C)NC(=O)N1C(=O)CC[C@H]1C(=O)CCc1ccc(Cl)cc1Cl. The number of carbonyl (C=O) groups excluding carboxylic acids is 3. The van der Waals surface area contributed by atoms with E-state index in [9.17, 15) is 14.4 Å². The molecular formula is C17H20Cl2N2O3. The van der Waals surface area contributed by atoms with Crippen LogP contribution in [0.3, 0.4) is 0 Å². The van der Waals surface area contributed by atoms with Gasteiger partial charge < -0.3 is 5.32 Å². The average molecular weight is 371 g/mol. The summed E-state index contributed by atoms with van der Waals surface area (Å²) in [6.07, 6.45) is 1.24. The summed E-state index contributed by atoms with van der Waals surface area (Å²) in [6.45, 7) is 3.61. The highest BCUT2D eigenvalue weighted by atomic mass is 35.5. The smallest absolute Gasteiger partial charge is 0.324 e. The van der Waals surface area contributed by atoms with Crippen LogP contribution in [-0.2, 0) is 16.0 Å². The maximum Gasteiger partial charge on any atom is 0.324 e. The first-order chi connectivity index (χ1) is 11.3. The molecule has 3 amide bonds. The van der Waals surface area contributed by atoms with Crippen LogP contribution in [0.25, 0.3) is 0 Å². The van der Waals surface area contributed by atoms with Gasteiger partial charge in [-0.2, -0.15) is 0 Å². The van der Waals surface area contributed by atoms with Crippen LogP contribution in [0.4, 0.5) is 4.79 Å². The van der Waals surface area contributed by atoms with E-state index in [1.54, 1.807) is 32.0 Å². The summed E-state index contributed by atoms with van der Waals surface area (Å²) in [6, 6.07) is 3.83. The second-order valence-electron chi connectivity index (χ2n) is 6.12. The van der Waals surface area contributed by atoms with Crippen LogP contribution in [0.2, 0.25) is 10.0 Å². The van der Waals surface area contributed by atoms with Crippen LogP contribution in [-0.4, -0.2) is 34.7 Å². The van der Waals surface area contributed by atoms with E-state index in [1.807, 2.05) is 0 Å². The lowest BCUT2D eigenvalue weighted by molar-refractivity contribution is -0.131. The van der Waals surface area contributed by atoms with Crippen LogP contribution < -0.4 is 5.32 Å². The van der Waals surface area contributed by atoms with Crippen LogP contribution in [0.1, 0.15) is 38.7 Å². The summed E-state index contributed by atoms with van der Waals surface area (Å²) in [7, 11) is 0. The molecule has 1 heterocycles. The number of nitrogens with zero attached hydrogens (tertiary/aromatic N) is 1. The largest absolute Gasteiger partial charge is 0.335 e. The van der Waals surface area contributed by atoms with Gasteiger partial charge in [-0.05, 0) is 44.4 Å². The standard InChI is InChI=1S/C17H20Cl2N2O3/c1-10(2)20-17(24)21-14(6-8-16(21)23)15(22)7-4-11-3-5-12(18)9-13(11)19/h3,5,9-10,14H,4,6-8H2,1-2H3,(H,20,24)/t14-/m0/s1. The zero-order valence-corrected chi connectivity index (χ0v) is 15.2. The number of benzene rings is 1. The molecule has 0 radical (unpaired) electrons. The van der Waals surface area contributed by atoms with Gasteiger partial charge >= 0.3 is 6.03 Å². The lowest BCUT2D eigenvalue weighted by Gasteiger charge is -2.23. The zero-order valence-electron chi connectivity index (χ0n) is 13.6. The molecule has 130 valence electrons. The second-order valence-corrected chi connectivity index (χ2v) is 6.97. The first-order valence-corrected chi connectivity index (χ1v) is 8.64. The lowest BCUT2D eigenvalue weighted by atomic mass is 10.0. The van der Waals surface area contributed by atoms with Crippen molar-refractivity contribution in [3.8, 4) is 0 Å². The number of hydrogen-bond acceptors (Lipinski definition) is 3. The summed E-state index contributed by atoms with van der Waals surface area (Å²) in [5.41, 5.74) is 0.817. The fraction of sp³-hybridized carbons (Fsp3) is 0.471. The van der Waals surface area contributed by atoms with Gasteiger partial charge in [0.05, 0.1) is 0 Å². The Labute approximate surface area is 151 Å². The number of likely N-dealkylation sites (tertiary alicyclic amines) is 1. The molecule has 1 aliphatic heterocycles. The van der Waals surface area contributed by atoms with E-state index < -0.39 is 12.1 Å². The Morgan fingerprint density at radius 3 is 2.67 bits per heavy atom. The predicted octanol–water partition coefficient (Wildman–Crippen LogP) is 3.60. The van der Waals surface area contributed by atoms with E-state index in [-0.39, 0.29) is 30.6 Å². The summed E-state index contributed by atoms with van der Waals surface area (Å²) in [5, 5.41) is 3.71. The average Bonchev–Trinajstić information content (AvgIpc) is 2.87. The Bertz CT molecular complexity index is 661. The number of aryl methyl sites for hydroxylation is 1. The van der Waals surface area contributed by atoms with Crippen molar-refractivity contribution >= 4 is 40.9 Å². The normalized spacial score (nSPS) is 17.5. The number of rotatable bonds is 5. The molecule has 2 rings (SSSR count). The molecule has 24 heavy (non-hydrogen) atoms. The van der Waals surface area contributed by atoms with Crippen LogP contribution >= 0.6 is 23.2 Å². The van der Waals surface area contributed by atoms with Crippen molar-refractivity contribution in [2.45, 2.75) is 51.6 Å². The highest BCUT2D eigenvalue weighted by Gasteiger charge is 2.39. The third-order valence-corrected chi connectivity index (χ3v) is 4.46. The molecule has 1 fully saturated rings. The third-order valence-electron chi connectivity index (χ3n) is 3.87. The van der Waals surface area contributed by atoms with Gasteiger partial charge in [-0.25, -0.2) is 4.79 Å². The number of hydrogen-bond donors (Lipinski definition) is 1. The number of urea groups is 1. The Morgan fingerprint density at radius 2 is 2.04 bits per heavy atom. The van der Waals surface area contributed by atoms with E-state index in [0.717, 1.165) is 10.5 Å². The third kappa shape index (κ3) is 4.48. The zero-order chi connectivity index (χ0) is 17.9. The van der Waals surface area contributed by atoms with Crippen molar-refractivity contribution < 1.29 is 14.4 Å². The minimum Gasteiger partial charge on any atom is -0.335 e. The van der Waals surface area contributed by atoms with Crippen molar-refractivity contribution in [1.82, 2.24) is 10.2 Å². The predicted molar refractivity (Wildman–Crippen MR) is 93.3 cm³/mol. The fourth-order valence-corrected chi connectivity index (χ4v) is 3.21. The maximum absolute atomic E-state index is 12.5. The molecule has 7 heteroatoms. The number of ketones is 1. The molecule has 5 nitrogen and oxygen atoms in total. The molecule has 0 aromatic heterocycles. The summed E-state index contributed by atoms with van der Waals surface area (Å²) in [5.74, 6) is -0.443. The van der Waals surface area contributed by atoms with Crippen molar-refractivity contribution in [2.75, 3.05) is 0 Å². The Morgan fingerprint density at radius 1 is 1.33 bits per heavy atom. The molecule has 1 saturated heterocycles. The topological polar surface area (TPSA) is 66.5 Å². The van der Waals surface area contributed by atoms with Gasteiger partial charge in [-0.1, -0.05) is 29.3 Å². The summed E-state index contributed by atoms with van der Waals surface area (Å²) >= 11 is 12.0. The Balaban J connectivity index is 2.02. The molecule has 0 unspecified atom stereocenters. The molecular weight excluding hydrogens is 351 g/mol. The Hall–Kier alpha value is -1.59. The van der Waals surface area contributed by atoms with Crippen molar-refractivity contribution in [2.24, 2.45) is 0 Å². The molecule has 0 bridgehead atoms. The first kappa shape index (κ1) is 18.7. The number of Topliss-reactive ketones (excluding diaryl/α,β-unsaturated/α-hetero) is 1. The monoisotopic (exact) mass is 370 g/mol. The second kappa shape index (κ2) is 7.99. The van der Waals surface area contributed by atoms with Gasteiger partial charge in [-0.3, -0.25) is 14.5 Å². The van der Waals surface area contributed by atoms with E-state index in [2.05, 4.69) is 5.32 Å². The van der Waals surface area contributed by atoms with E-state index >= 15 is 0 Å². The molecule has 0 saturated carbocycles. The summed E-state index contributed by atoms with van der Waals surface area (Å²) in [4.78, 5) is 37.7. The van der Waals surface area contributed by atoms with E-state index in [4.69, 9.17) is 23.2 Å². The van der Waals surface area contributed by atoms with Gasteiger partial charge in [0.25, 0.3) is 0 Å². The fourth-order valence-electron chi connectivity index (χ4n) is 2.71. The van der Waals surface area contributed by atoms with Crippen LogP contribution in [0.5, 0.6) is 0 Å². The number of amides is 3. The molecule has 0 aliphatic carbocycles. The minimum atomic E-state index is -0.692. The molecule has 0 spiro atoms. The molecule has 1 N–H and O–H groups in total. The van der Waals surface area contributed by atoms with Crippen LogP contribution in [0.15, 0.2) is 18.2 Å². The molecule has 1 aromatic rings. The van der Waals surface area contributed by atoms with E-state index in [0.29, 0.717) is 22.9 Å². The lowest BCUT2D eigenvalue weighted by Crippen LogP contribution is -2.49. The highest BCUT2D eigenvalue weighted by Crippen LogP contribution is 2.25. The number of halogens is 2. The van der Waals surface area contributed by atoms with Crippen molar-refractivity contribution in [1.29, 1.82) is 0 Å².